The van der Waals surface area contributed by atoms with Crippen molar-refractivity contribution >= 4 is 19.9 Å². The lowest BCUT2D eigenvalue weighted by Crippen LogP contribution is -2.40. The molecule has 1 fully saturated rings. The van der Waals surface area contributed by atoms with Gasteiger partial charge in [-0.25, -0.2) is 0 Å². The highest BCUT2D eigenvalue weighted by Gasteiger charge is 2.41. The Kier molecular flexibility index (Phi) is 4.50. The molecule has 0 heterocycles. The maximum Gasteiger partial charge on any atom is 0.250 e. The van der Waals surface area contributed by atoms with Gasteiger partial charge in [-0.05, 0) is 54.4 Å². The Morgan fingerprint density at radius 1 is 1.17 bits per heavy atom. The third-order valence-electron chi connectivity index (χ3n) is 6.07. The van der Waals surface area contributed by atoms with Gasteiger partial charge in [0.25, 0.3) is 8.32 Å². The van der Waals surface area contributed by atoms with Crippen LogP contribution in [-0.4, -0.2) is 14.1 Å². The summed E-state index contributed by atoms with van der Waals surface area (Å²) in [6, 6.07) is 8.36. The van der Waals surface area contributed by atoms with Crippen LogP contribution in [0.5, 0.6) is 0 Å². The van der Waals surface area contributed by atoms with Crippen molar-refractivity contribution in [3.8, 4) is 0 Å². The van der Waals surface area contributed by atoms with E-state index in [2.05, 4.69) is 52.1 Å². The predicted molar refractivity (Wildman–Crippen MR) is 102 cm³/mol. The van der Waals surface area contributed by atoms with E-state index in [1.807, 2.05) is 6.07 Å². The number of hydrogen-bond acceptors (Lipinski definition) is 2. The molecule has 1 saturated carbocycles. The molecule has 0 N–H and O–H groups in total. The molecule has 3 rings (SSSR count). The Bertz CT molecular complexity index is 679. The van der Waals surface area contributed by atoms with Gasteiger partial charge in [-0.15, -0.1) is 0 Å². The van der Waals surface area contributed by atoms with E-state index < -0.39 is 8.32 Å². The number of ketones is 1. The van der Waals surface area contributed by atoms with Crippen LogP contribution in [-0.2, 0) is 15.6 Å². The van der Waals surface area contributed by atoms with Gasteiger partial charge >= 0.3 is 0 Å². The van der Waals surface area contributed by atoms with E-state index in [1.165, 1.54) is 12.0 Å². The van der Waals surface area contributed by atoms with E-state index in [0.29, 0.717) is 24.5 Å². The van der Waals surface area contributed by atoms with E-state index in [1.54, 1.807) is 0 Å². The average Bonchev–Trinajstić information content (AvgIpc) is 2.90. The van der Waals surface area contributed by atoms with E-state index in [9.17, 15) is 4.79 Å². The van der Waals surface area contributed by atoms with E-state index >= 15 is 0 Å². The van der Waals surface area contributed by atoms with Crippen molar-refractivity contribution in [3.05, 3.63) is 41.0 Å². The first-order valence-electron chi connectivity index (χ1n) is 9.21. The van der Waals surface area contributed by atoms with Gasteiger partial charge in [0.05, 0.1) is 0 Å². The Balaban J connectivity index is 2.14. The van der Waals surface area contributed by atoms with Crippen LogP contribution in [0.4, 0.5) is 0 Å². The van der Waals surface area contributed by atoms with Crippen LogP contribution < -0.4 is 0 Å². The zero-order chi connectivity index (χ0) is 17.5. The summed E-state index contributed by atoms with van der Waals surface area (Å²) in [5.74, 6) is 1.89. The summed E-state index contributed by atoms with van der Waals surface area (Å²) in [5.41, 5.74) is 3.70. The van der Waals surface area contributed by atoms with Crippen LogP contribution in [0.15, 0.2) is 29.8 Å². The monoisotopic (exact) mass is 342 g/mol. The van der Waals surface area contributed by atoms with Crippen LogP contribution in [0, 0.1) is 5.92 Å². The SMILES string of the molecule is CC(C)(C)[Si](C)(C)O/C1=C2\CCCC2CC(=O)Cc2ccccc21. The summed E-state index contributed by atoms with van der Waals surface area (Å²) < 4.78 is 6.86. The van der Waals surface area contributed by atoms with Gasteiger partial charge in [0, 0.05) is 18.4 Å². The van der Waals surface area contributed by atoms with Crippen molar-refractivity contribution in [3.63, 3.8) is 0 Å². The topological polar surface area (TPSA) is 26.3 Å². The minimum absolute atomic E-state index is 0.168. The highest BCUT2D eigenvalue weighted by molar-refractivity contribution is 6.74. The lowest BCUT2D eigenvalue weighted by molar-refractivity contribution is -0.119. The van der Waals surface area contributed by atoms with Gasteiger partial charge in [-0.1, -0.05) is 45.0 Å². The Hall–Kier alpha value is -1.35. The molecule has 0 radical (unpaired) electrons. The minimum Gasteiger partial charge on any atom is -0.543 e. The second-order valence-corrected chi connectivity index (χ2v) is 13.6. The van der Waals surface area contributed by atoms with Crippen molar-refractivity contribution in [2.24, 2.45) is 5.92 Å². The molecular weight excluding hydrogens is 312 g/mol. The smallest absolute Gasteiger partial charge is 0.250 e. The maximum absolute atomic E-state index is 12.4. The quantitative estimate of drug-likeness (QED) is 0.641. The summed E-state index contributed by atoms with van der Waals surface area (Å²) in [7, 11) is -1.92. The van der Waals surface area contributed by atoms with Gasteiger partial charge in [0.2, 0.25) is 0 Å². The normalized spacial score (nSPS) is 24.9. The van der Waals surface area contributed by atoms with Crippen molar-refractivity contribution < 1.29 is 9.22 Å². The van der Waals surface area contributed by atoms with Gasteiger partial charge < -0.3 is 4.43 Å². The fraction of sp³-hybridized carbons (Fsp3) is 0.571. The zero-order valence-electron chi connectivity index (χ0n) is 15.7. The van der Waals surface area contributed by atoms with E-state index in [4.69, 9.17) is 4.43 Å². The van der Waals surface area contributed by atoms with Gasteiger partial charge in [-0.3, -0.25) is 4.79 Å². The van der Waals surface area contributed by atoms with Crippen molar-refractivity contribution in [1.29, 1.82) is 0 Å². The minimum atomic E-state index is -1.92. The fourth-order valence-corrected chi connectivity index (χ4v) is 4.66. The zero-order valence-corrected chi connectivity index (χ0v) is 16.7. The van der Waals surface area contributed by atoms with Crippen LogP contribution in [0.25, 0.3) is 5.76 Å². The number of hydrogen-bond donors (Lipinski definition) is 0. The molecule has 130 valence electrons. The van der Waals surface area contributed by atoms with Crippen molar-refractivity contribution in [1.82, 2.24) is 0 Å². The largest absolute Gasteiger partial charge is 0.543 e. The predicted octanol–water partition coefficient (Wildman–Crippen LogP) is 5.73. The number of carbonyl (C=O) groups is 1. The summed E-state index contributed by atoms with van der Waals surface area (Å²) in [6.07, 6.45) is 4.63. The fourth-order valence-electron chi connectivity index (χ4n) is 3.60. The standard InChI is InChI=1S/C21H30O2Si/c1-21(2,3)24(4,5)23-20-18-11-7-6-9-15(18)13-17(22)14-16-10-8-12-19(16)20/h6-7,9,11,16H,8,10,12-14H2,1-5H3/b20-19+. The first kappa shape index (κ1) is 17.5. The van der Waals surface area contributed by atoms with Gasteiger partial charge in [0.15, 0.2) is 0 Å². The summed E-state index contributed by atoms with van der Waals surface area (Å²) in [5, 5.41) is 0.168. The van der Waals surface area contributed by atoms with Gasteiger partial charge in [-0.2, -0.15) is 0 Å². The number of benzene rings is 1. The summed E-state index contributed by atoms with van der Waals surface area (Å²) in [4.78, 5) is 12.4. The molecular formula is C21H30O2Si. The molecule has 0 aromatic heterocycles. The Morgan fingerprint density at radius 2 is 1.88 bits per heavy atom. The molecule has 2 aliphatic rings. The van der Waals surface area contributed by atoms with Crippen LogP contribution >= 0.6 is 0 Å². The molecule has 1 atom stereocenters. The molecule has 1 aromatic carbocycles. The van der Waals surface area contributed by atoms with Crippen molar-refractivity contribution in [2.75, 3.05) is 0 Å². The molecule has 0 aliphatic heterocycles. The lowest BCUT2D eigenvalue weighted by atomic mass is 9.86. The van der Waals surface area contributed by atoms with E-state index in [-0.39, 0.29) is 5.04 Å². The molecule has 2 nitrogen and oxygen atoms in total. The molecule has 1 unspecified atom stereocenters. The van der Waals surface area contributed by atoms with Crippen LogP contribution in [0.1, 0.15) is 57.6 Å². The molecule has 0 saturated heterocycles. The molecule has 1 aromatic rings. The average molecular weight is 343 g/mol. The number of carbonyl (C=O) groups excluding carboxylic acids is 1. The van der Waals surface area contributed by atoms with Crippen LogP contribution in [0.2, 0.25) is 18.1 Å². The molecule has 3 heteroatoms. The molecule has 0 spiro atoms. The second-order valence-electron chi connectivity index (χ2n) is 8.88. The second kappa shape index (κ2) is 6.18. The van der Waals surface area contributed by atoms with Gasteiger partial charge in [0.1, 0.15) is 11.5 Å². The molecule has 2 aliphatic carbocycles. The number of fused-ring (bicyclic) bond motifs is 2. The lowest BCUT2D eigenvalue weighted by Gasteiger charge is -2.39. The summed E-state index contributed by atoms with van der Waals surface area (Å²) >= 11 is 0. The first-order chi connectivity index (χ1) is 11.2. The third kappa shape index (κ3) is 3.23. The van der Waals surface area contributed by atoms with E-state index in [0.717, 1.165) is 29.7 Å². The Morgan fingerprint density at radius 3 is 2.58 bits per heavy atom. The van der Waals surface area contributed by atoms with Crippen molar-refractivity contribution in [2.45, 2.75) is 71.0 Å². The molecule has 24 heavy (non-hydrogen) atoms. The molecule has 0 bridgehead atoms. The maximum atomic E-state index is 12.4. The highest BCUT2D eigenvalue weighted by atomic mass is 28.4. The molecule has 0 amide bonds. The Labute approximate surface area is 147 Å². The highest BCUT2D eigenvalue weighted by Crippen LogP contribution is 2.46. The summed E-state index contributed by atoms with van der Waals surface area (Å²) in [6.45, 7) is 11.5. The first-order valence-corrected chi connectivity index (χ1v) is 12.1. The number of rotatable bonds is 2. The van der Waals surface area contributed by atoms with Crippen LogP contribution in [0.3, 0.4) is 0 Å². The number of Topliss-reactive ketones (excluding diaryl/α,β-unsaturated/α-hetero) is 1. The third-order valence-corrected chi connectivity index (χ3v) is 10.4. The number of allylic oxidation sites excluding steroid dienone is 1.